The predicted octanol–water partition coefficient (Wildman–Crippen LogP) is 3.04. The Balaban J connectivity index is 2.82. The van der Waals surface area contributed by atoms with Gasteiger partial charge < -0.3 is 9.47 Å². The van der Waals surface area contributed by atoms with Gasteiger partial charge >= 0.3 is 5.97 Å². The highest BCUT2D eigenvalue weighted by atomic mass is 16.5. The Labute approximate surface area is 96.4 Å². The van der Waals surface area contributed by atoms with Crippen molar-refractivity contribution in [3.8, 4) is 5.75 Å². The summed E-state index contributed by atoms with van der Waals surface area (Å²) in [5.74, 6) is 0.231. The molecule has 16 heavy (non-hydrogen) atoms. The summed E-state index contributed by atoms with van der Waals surface area (Å²) in [7, 11) is 1.37. The number of para-hydroxylation sites is 1. The van der Waals surface area contributed by atoms with Gasteiger partial charge in [0.15, 0.2) is 0 Å². The molecule has 0 spiro atoms. The Hall–Kier alpha value is -1.51. The van der Waals surface area contributed by atoms with Gasteiger partial charge in [0, 0.05) is 0 Å². The van der Waals surface area contributed by atoms with E-state index in [1.807, 2.05) is 13.0 Å². The number of benzene rings is 1. The van der Waals surface area contributed by atoms with Crippen LogP contribution in [-0.2, 0) is 4.74 Å². The second-order valence-electron chi connectivity index (χ2n) is 3.70. The van der Waals surface area contributed by atoms with Crippen LogP contribution in [0.1, 0.15) is 37.0 Å². The van der Waals surface area contributed by atoms with Gasteiger partial charge in [-0.3, -0.25) is 0 Å². The molecular weight excluding hydrogens is 204 g/mol. The molecule has 0 aliphatic rings. The van der Waals surface area contributed by atoms with Crippen LogP contribution < -0.4 is 4.74 Å². The Morgan fingerprint density at radius 1 is 1.38 bits per heavy atom. The predicted molar refractivity (Wildman–Crippen MR) is 62.8 cm³/mol. The Kier molecular flexibility index (Phi) is 4.83. The smallest absolute Gasteiger partial charge is 0.341 e. The van der Waals surface area contributed by atoms with Crippen LogP contribution in [0.5, 0.6) is 5.75 Å². The van der Waals surface area contributed by atoms with Crippen molar-refractivity contribution in [2.75, 3.05) is 7.11 Å². The molecule has 3 nitrogen and oxygen atoms in total. The highest BCUT2D eigenvalue weighted by molar-refractivity contribution is 5.92. The van der Waals surface area contributed by atoms with Gasteiger partial charge in [0.2, 0.25) is 0 Å². The highest BCUT2D eigenvalue weighted by Crippen LogP contribution is 2.21. The van der Waals surface area contributed by atoms with Crippen LogP contribution in [0, 0.1) is 0 Å². The molecule has 0 aliphatic heterocycles. The molecule has 0 saturated heterocycles. The van der Waals surface area contributed by atoms with Crippen molar-refractivity contribution in [3.05, 3.63) is 29.8 Å². The number of ether oxygens (including phenoxy) is 2. The van der Waals surface area contributed by atoms with Gasteiger partial charge in [-0.25, -0.2) is 4.79 Å². The standard InChI is InChI=1S/C13H18O3/c1-4-7-10(2)16-12-9-6-5-8-11(12)13(14)15-3/h5-6,8-10H,4,7H2,1-3H3. The molecule has 88 valence electrons. The molecule has 0 heterocycles. The van der Waals surface area contributed by atoms with Gasteiger partial charge in [-0.05, 0) is 25.5 Å². The minimum absolute atomic E-state index is 0.107. The van der Waals surface area contributed by atoms with E-state index in [2.05, 4.69) is 6.92 Å². The third kappa shape index (κ3) is 3.26. The normalized spacial score (nSPS) is 11.9. The molecule has 0 bridgehead atoms. The molecule has 1 unspecified atom stereocenters. The average Bonchev–Trinajstić information content (AvgIpc) is 2.29. The molecule has 1 aromatic rings. The van der Waals surface area contributed by atoms with Crippen LogP contribution in [0.25, 0.3) is 0 Å². The van der Waals surface area contributed by atoms with Gasteiger partial charge in [-0.1, -0.05) is 25.5 Å². The minimum atomic E-state index is -0.362. The molecule has 0 N–H and O–H groups in total. The van der Waals surface area contributed by atoms with Crippen LogP contribution in [0.2, 0.25) is 0 Å². The van der Waals surface area contributed by atoms with E-state index in [0.717, 1.165) is 12.8 Å². The van der Waals surface area contributed by atoms with E-state index in [1.54, 1.807) is 18.2 Å². The molecule has 1 aromatic carbocycles. The van der Waals surface area contributed by atoms with Gasteiger partial charge in [-0.2, -0.15) is 0 Å². The number of methoxy groups -OCH3 is 1. The number of hydrogen-bond donors (Lipinski definition) is 0. The highest BCUT2D eigenvalue weighted by Gasteiger charge is 2.13. The fourth-order valence-electron chi connectivity index (χ4n) is 1.53. The molecule has 3 heteroatoms. The molecule has 0 radical (unpaired) electrons. The molecule has 0 amide bonds. The van der Waals surface area contributed by atoms with Crippen LogP contribution in [0.15, 0.2) is 24.3 Å². The summed E-state index contributed by atoms with van der Waals surface area (Å²) in [5.41, 5.74) is 0.480. The van der Waals surface area contributed by atoms with E-state index in [0.29, 0.717) is 11.3 Å². The van der Waals surface area contributed by atoms with Crippen molar-refractivity contribution in [2.24, 2.45) is 0 Å². The maximum atomic E-state index is 11.5. The lowest BCUT2D eigenvalue weighted by atomic mass is 10.2. The Bertz CT molecular complexity index is 347. The monoisotopic (exact) mass is 222 g/mol. The van der Waals surface area contributed by atoms with Gasteiger partial charge in [-0.15, -0.1) is 0 Å². The number of rotatable bonds is 5. The van der Waals surface area contributed by atoms with E-state index in [1.165, 1.54) is 7.11 Å². The van der Waals surface area contributed by atoms with Crippen molar-refractivity contribution >= 4 is 5.97 Å². The summed E-state index contributed by atoms with van der Waals surface area (Å²) in [6, 6.07) is 7.14. The zero-order chi connectivity index (χ0) is 12.0. The van der Waals surface area contributed by atoms with Crippen molar-refractivity contribution in [1.82, 2.24) is 0 Å². The topological polar surface area (TPSA) is 35.5 Å². The summed E-state index contributed by atoms with van der Waals surface area (Å²) in [6.07, 6.45) is 2.13. The Morgan fingerprint density at radius 2 is 2.06 bits per heavy atom. The van der Waals surface area contributed by atoms with Gasteiger partial charge in [0.05, 0.1) is 13.2 Å². The summed E-state index contributed by atoms with van der Waals surface area (Å²) in [4.78, 5) is 11.5. The largest absolute Gasteiger partial charge is 0.490 e. The summed E-state index contributed by atoms with van der Waals surface area (Å²) in [5, 5.41) is 0. The fourth-order valence-corrected chi connectivity index (χ4v) is 1.53. The van der Waals surface area contributed by atoms with Gasteiger partial charge in [0.1, 0.15) is 11.3 Å². The zero-order valence-electron chi connectivity index (χ0n) is 10.0. The zero-order valence-corrected chi connectivity index (χ0v) is 10.0. The second kappa shape index (κ2) is 6.16. The first-order chi connectivity index (χ1) is 7.69. The van der Waals surface area contributed by atoms with E-state index < -0.39 is 0 Å². The minimum Gasteiger partial charge on any atom is -0.490 e. The molecule has 1 rings (SSSR count). The molecule has 0 aromatic heterocycles. The van der Waals surface area contributed by atoms with E-state index in [9.17, 15) is 4.79 Å². The van der Waals surface area contributed by atoms with E-state index >= 15 is 0 Å². The van der Waals surface area contributed by atoms with Crippen LogP contribution in [0.3, 0.4) is 0 Å². The fraction of sp³-hybridized carbons (Fsp3) is 0.462. The number of carbonyl (C=O) groups is 1. The molecule has 0 fully saturated rings. The van der Waals surface area contributed by atoms with Gasteiger partial charge in [0.25, 0.3) is 0 Å². The first kappa shape index (κ1) is 12.6. The lowest BCUT2D eigenvalue weighted by Gasteiger charge is -2.15. The first-order valence-electron chi connectivity index (χ1n) is 5.53. The summed E-state index contributed by atoms with van der Waals surface area (Å²) < 4.78 is 10.4. The lowest BCUT2D eigenvalue weighted by molar-refractivity contribution is 0.0593. The molecular formula is C13H18O3. The first-order valence-corrected chi connectivity index (χ1v) is 5.53. The molecule has 0 aliphatic carbocycles. The third-order valence-electron chi connectivity index (χ3n) is 2.32. The van der Waals surface area contributed by atoms with E-state index in [4.69, 9.17) is 9.47 Å². The quantitative estimate of drug-likeness (QED) is 0.718. The maximum absolute atomic E-state index is 11.5. The van der Waals surface area contributed by atoms with Crippen molar-refractivity contribution < 1.29 is 14.3 Å². The number of hydrogen-bond acceptors (Lipinski definition) is 3. The second-order valence-corrected chi connectivity index (χ2v) is 3.70. The lowest BCUT2D eigenvalue weighted by Crippen LogP contribution is -2.14. The van der Waals surface area contributed by atoms with Crippen molar-refractivity contribution in [3.63, 3.8) is 0 Å². The summed E-state index contributed by atoms with van der Waals surface area (Å²) in [6.45, 7) is 4.10. The molecule has 1 atom stereocenters. The average molecular weight is 222 g/mol. The van der Waals surface area contributed by atoms with Crippen LogP contribution >= 0.6 is 0 Å². The van der Waals surface area contributed by atoms with Crippen molar-refractivity contribution in [1.29, 1.82) is 0 Å². The van der Waals surface area contributed by atoms with Crippen LogP contribution in [0.4, 0.5) is 0 Å². The number of carbonyl (C=O) groups excluding carboxylic acids is 1. The SMILES string of the molecule is CCCC(C)Oc1ccccc1C(=O)OC. The van der Waals surface area contributed by atoms with E-state index in [-0.39, 0.29) is 12.1 Å². The number of esters is 1. The maximum Gasteiger partial charge on any atom is 0.341 e. The Morgan fingerprint density at radius 3 is 2.69 bits per heavy atom. The third-order valence-corrected chi connectivity index (χ3v) is 2.32. The molecule has 0 saturated carbocycles. The van der Waals surface area contributed by atoms with Crippen molar-refractivity contribution in [2.45, 2.75) is 32.8 Å². The summed E-state index contributed by atoms with van der Waals surface area (Å²) >= 11 is 0. The van der Waals surface area contributed by atoms with Crippen LogP contribution in [-0.4, -0.2) is 19.2 Å².